The molecular formula is C14H11ClN2O. The average molecular weight is 259 g/mol. The van der Waals surface area contributed by atoms with Gasteiger partial charge in [0.1, 0.15) is 0 Å². The van der Waals surface area contributed by atoms with Crippen LogP contribution in [0.25, 0.3) is 6.08 Å². The van der Waals surface area contributed by atoms with E-state index in [1.807, 2.05) is 30.3 Å². The van der Waals surface area contributed by atoms with Crippen molar-refractivity contribution >= 4 is 29.4 Å². The van der Waals surface area contributed by atoms with Gasteiger partial charge in [0, 0.05) is 12.3 Å². The Labute approximate surface area is 110 Å². The van der Waals surface area contributed by atoms with E-state index < -0.39 is 0 Å². The molecule has 2 rings (SSSR count). The summed E-state index contributed by atoms with van der Waals surface area (Å²) in [6, 6.07) is 12.9. The SMILES string of the molecule is O=C(/C=C/c1ccccc1)Nc1ncccc1Cl. The number of rotatable bonds is 3. The van der Waals surface area contributed by atoms with Crippen LogP contribution >= 0.6 is 11.6 Å². The number of anilines is 1. The molecule has 0 saturated carbocycles. The Kier molecular flexibility index (Phi) is 4.10. The van der Waals surface area contributed by atoms with Crippen LogP contribution in [0.4, 0.5) is 5.82 Å². The van der Waals surface area contributed by atoms with Crippen molar-refractivity contribution in [1.29, 1.82) is 0 Å². The number of benzene rings is 1. The summed E-state index contributed by atoms with van der Waals surface area (Å²) in [4.78, 5) is 15.6. The zero-order valence-electron chi connectivity index (χ0n) is 9.51. The van der Waals surface area contributed by atoms with Gasteiger partial charge in [0.15, 0.2) is 5.82 Å². The van der Waals surface area contributed by atoms with Crippen LogP contribution in [0.15, 0.2) is 54.7 Å². The largest absolute Gasteiger partial charge is 0.306 e. The van der Waals surface area contributed by atoms with Gasteiger partial charge in [-0.2, -0.15) is 0 Å². The molecule has 1 aromatic carbocycles. The summed E-state index contributed by atoms with van der Waals surface area (Å²) in [7, 11) is 0. The number of carbonyl (C=O) groups is 1. The fourth-order valence-corrected chi connectivity index (χ4v) is 1.54. The monoisotopic (exact) mass is 258 g/mol. The van der Waals surface area contributed by atoms with Crippen LogP contribution in [0, 0.1) is 0 Å². The predicted octanol–water partition coefficient (Wildman–Crippen LogP) is 3.39. The molecule has 0 saturated heterocycles. The number of hydrogen-bond donors (Lipinski definition) is 1. The molecule has 1 N–H and O–H groups in total. The molecule has 1 heterocycles. The molecule has 0 radical (unpaired) electrons. The molecule has 0 unspecified atom stereocenters. The summed E-state index contributed by atoms with van der Waals surface area (Å²) >= 11 is 5.88. The molecule has 1 aromatic heterocycles. The second-order valence-corrected chi connectivity index (χ2v) is 3.97. The van der Waals surface area contributed by atoms with Crippen molar-refractivity contribution in [2.75, 3.05) is 5.32 Å². The van der Waals surface area contributed by atoms with Gasteiger partial charge in [-0.25, -0.2) is 4.98 Å². The summed E-state index contributed by atoms with van der Waals surface area (Å²) in [5, 5.41) is 3.03. The van der Waals surface area contributed by atoms with Crippen LogP contribution in [-0.2, 0) is 4.79 Å². The van der Waals surface area contributed by atoms with Gasteiger partial charge in [-0.1, -0.05) is 41.9 Å². The van der Waals surface area contributed by atoms with E-state index in [4.69, 9.17) is 11.6 Å². The lowest BCUT2D eigenvalue weighted by Gasteiger charge is -2.02. The minimum atomic E-state index is -0.264. The molecule has 0 aliphatic rings. The van der Waals surface area contributed by atoms with Gasteiger partial charge in [0.25, 0.3) is 0 Å². The minimum absolute atomic E-state index is 0.264. The summed E-state index contributed by atoms with van der Waals surface area (Å²) in [5.41, 5.74) is 0.958. The Hall–Kier alpha value is -2.13. The van der Waals surface area contributed by atoms with Crippen LogP contribution in [0.2, 0.25) is 5.02 Å². The molecule has 0 spiro atoms. The number of nitrogens with zero attached hydrogens (tertiary/aromatic N) is 1. The zero-order valence-corrected chi connectivity index (χ0v) is 10.3. The fourth-order valence-electron chi connectivity index (χ4n) is 1.37. The number of halogens is 1. The zero-order chi connectivity index (χ0) is 12.8. The maximum Gasteiger partial charge on any atom is 0.249 e. The predicted molar refractivity (Wildman–Crippen MR) is 73.4 cm³/mol. The number of aromatic nitrogens is 1. The Morgan fingerprint density at radius 3 is 2.67 bits per heavy atom. The quantitative estimate of drug-likeness (QED) is 0.858. The van der Waals surface area contributed by atoms with E-state index in [0.29, 0.717) is 10.8 Å². The number of amides is 1. The lowest BCUT2D eigenvalue weighted by molar-refractivity contribution is -0.111. The highest BCUT2D eigenvalue weighted by Gasteiger charge is 2.02. The van der Waals surface area contributed by atoms with E-state index in [2.05, 4.69) is 10.3 Å². The number of nitrogens with one attached hydrogen (secondary N) is 1. The third kappa shape index (κ3) is 3.43. The van der Waals surface area contributed by atoms with Gasteiger partial charge in [-0.15, -0.1) is 0 Å². The third-order valence-corrected chi connectivity index (χ3v) is 2.53. The Morgan fingerprint density at radius 1 is 1.17 bits per heavy atom. The molecular weight excluding hydrogens is 248 g/mol. The van der Waals surface area contributed by atoms with Gasteiger partial charge in [0.2, 0.25) is 5.91 Å². The molecule has 0 bridgehead atoms. The first-order valence-corrected chi connectivity index (χ1v) is 5.78. The highest BCUT2D eigenvalue weighted by atomic mass is 35.5. The van der Waals surface area contributed by atoms with Crippen molar-refractivity contribution in [1.82, 2.24) is 4.98 Å². The van der Waals surface area contributed by atoms with Crippen LogP contribution in [0.3, 0.4) is 0 Å². The smallest absolute Gasteiger partial charge is 0.249 e. The Morgan fingerprint density at radius 2 is 1.94 bits per heavy atom. The molecule has 1 amide bonds. The second-order valence-electron chi connectivity index (χ2n) is 3.57. The fraction of sp³-hybridized carbons (Fsp3) is 0. The minimum Gasteiger partial charge on any atom is -0.306 e. The average Bonchev–Trinajstić information content (AvgIpc) is 2.40. The van der Waals surface area contributed by atoms with Gasteiger partial charge < -0.3 is 5.32 Å². The lowest BCUT2D eigenvalue weighted by Crippen LogP contribution is -2.09. The summed E-state index contributed by atoms with van der Waals surface area (Å²) in [5.74, 6) is 0.0985. The second kappa shape index (κ2) is 5.98. The lowest BCUT2D eigenvalue weighted by atomic mass is 10.2. The number of hydrogen-bond acceptors (Lipinski definition) is 2. The van der Waals surface area contributed by atoms with Crippen molar-refractivity contribution in [3.63, 3.8) is 0 Å². The van der Waals surface area contributed by atoms with Crippen molar-refractivity contribution in [2.45, 2.75) is 0 Å². The highest BCUT2D eigenvalue weighted by Crippen LogP contribution is 2.17. The molecule has 0 atom stereocenters. The summed E-state index contributed by atoms with van der Waals surface area (Å²) in [6.45, 7) is 0. The van der Waals surface area contributed by atoms with E-state index in [1.165, 1.54) is 6.08 Å². The van der Waals surface area contributed by atoms with Crippen LogP contribution in [0.1, 0.15) is 5.56 Å². The standard InChI is InChI=1S/C14H11ClN2O/c15-12-7-4-10-16-14(12)17-13(18)9-8-11-5-2-1-3-6-11/h1-10H,(H,16,17,18)/b9-8+. The topological polar surface area (TPSA) is 42.0 Å². The van der Waals surface area contributed by atoms with Crippen molar-refractivity contribution in [2.24, 2.45) is 0 Å². The first-order chi connectivity index (χ1) is 8.75. The van der Waals surface area contributed by atoms with Crippen LogP contribution in [-0.4, -0.2) is 10.9 Å². The number of carbonyl (C=O) groups excluding carboxylic acids is 1. The maximum absolute atomic E-state index is 11.6. The van der Waals surface area contributed by atoms with Crippen molar-refractivity contribution in [3.8, 4) is 0 Å². The van der Waals surface area contributed by atoms with Crippen molar-refractivity contribution in [3.05, 3.63) is 65.3 Å². The Bertz CT molecular complexity index is 567. The van der Waals surface area contributed by atoms with E-state index in [-0.39, 0.29) is 5.91 Å². The Balaban J connectivity index is 2.02. The van der Waals surface area contributed by atoms with Gasteiger partial charge in [-0.05, 0) is 23.8 Å². The molecule has 0 aliphatic carbocycles. The molecule has 3 nitrogen and oxygen atoms in total. The summed E-state index contributed by atoms with van der Waals surface area (Å²) in [6.07, 6.45) is 4.74. The van der Waals surface area contributed by atoms with Gasteiger partial charge in [-0.3, -0.25) is 4.79 Å². The van der Waals surface area contributed by atoms with Crippen molar-refractivity contribution < 1.29 is 4.79 Å². The molecule has 4 heteroatoms. The van der Waals surface area contributed by atoms with E-state index >= 15 is 0 Å². The van der Waals surface area contributed by atoms with Gasteiger partial charge in [0.05, 0.1) is 5.02 Å². The highest BCUT2D eigenvalue weighted by molar-refractivity contribution is 6.33. The van der Waals surface area contributed by atoms with E-state index in [1.54, 1.807) is 24.4 Å². The molecule has 90 valence electrons. The normalized spacial score (nSPS) is 10.5. The number of pyridine rings is 1. The first kappa shape index (κ1) is 12.3. The molecule has 18 heavy (non-hydrogen) atoms. The molecule has 0 fully saturated rings. The van der Waals surface area contributed by atoms with Gasteiger partial charge >= 0.3 is 0 Å². The molecule has 0 aliphatic heterocycles. The van der Waals surface area contributed by atoms with E-state index in [9.17, 15) is 4.79 Å². The summed E-state index contributed by atoms with van der Waals surface area (Å²) < 4.78 is 0. The molecule has 2 aromatic rings. The first-order valence-electron chi connectivity index (χ1n) is 5.40. The van der Waals surface area contributed by atoms with Crippen LogP contribution < -0.4 is 5.32 Å². The third-order valence-electron chi connectivity index (χ3n) is 2.23. The maximum atomic E-state index is 11.6. The van der Waals surface area contributed by atoms with E-state index in [0.717, 1.165) is 5.56 Å². The van der Waals surface area contributed by atoms with Crippen LogP contribution in [0.5, 0.6) is 0 Å².